The summed E-state index contributed by atoms with van der Waals surface area (Å²) in [5, 5.41) is 5.18. The van der Waals surface area contributed by atoms with Gasteiger partial charge in [-0.15, -0.1) is 0 Å². The molecule has 1 aliphatic rings. The molecule has 9 heteroatoms. The smallest absolute Gasteiger partial charge is 0.316 e. The monoisotopic (exact) mass is 744 g/mol. The van der Waals surface area contributed by atoms with E-state index >= 15 is 0 Å². The van der Waals surface area contributed by atoms with Crippen molar-refractivity contribution in [1.82, 2.24) is 0 Å². The Morgan fingerprint density at radius 1 is 0.481 bits per heavy atom. The third-order valence-electron chi connectivity index (χ3n) is 9.65. The van der Waals surface area contributed by atoms with E-state index in [1.165, 1.54) is 24.3 Å². The summed E-state index contributed by atoms with van der Waals surface area (Å²) in [6, 6.07) is 50.6. The van der Waals surface area contributed by atoms with Crippen molar-refractivity contribution in [3.63, 3.8) is 0 Å². The molecule has 0 N–H and O–H groups in total. The van der Waals surface area contributed by atoms with Crippen LogP contribution in [0.15, 0.2) is 181 Å². The van der Waals surface area contributed by atoms with Crippen LogP contribution in [-0.2, 0) is 12.4 Å². The number of hydrogen-bond donors (Lipinski definition) is 0. The van der Waals surface area contributed by atoms with Gasteiger partial charge < -0.3 is 4.90 Å². The molecule has 8 rings (SSSR count). The summed E-state index contributed by atoms with van der Waals surface area (Å²) in [6.45, 7) is 0. The third-order valence-corrected chi connectivity index (χ3v) is 12.2. The van der Waals surface area contributed by atoms with E-state index in [-0.39, 0.29) is 0 Å². The molecule has 0 bridgehead atoms. The number of rotatable bonds is 7. The molecule has 0 saturated heterocycles. The predicted molar refractivity (Wildman–Crippen MR) is 206 cm³/mol. The maximum absolute atomic E-state index is 13.8. The molecular formula is C45H31F6N2P. The van der Waals surface area contributed by atoms with E-state index in [1.54, 1.807) is 0 Å². The fourth-order valence-corrected chi connectivity index (χ4v) is 9.56. The first kappa shape index (κ1) is 35.3. The number of anilines is 1. The first-order valence-electron chi connectivity index (χ1n) is 17.3. The molecule has 2 atom stereocenters. The topological polar surface area (TPSA) is 15.6 Å². The molecule has 268 valence electrons. The summed E-state index contributed by atoms with van der Waals surface area (Å²) in [7, 11) is -1.13. The van der Waals surface area contributed by atoms with Gasteiger partial charge in [-0.05, 0) is 82.1 Å². The van der Waals surface area contributed by atoms with Gasteiger partial charge in [-0.25, -0.2) is 0 Å². The van der Waals surface area contributed by atoms with Crippen LogP contribution in [0.2, 0.25) is 0 Å². The van der Waals surface area contributed by atoms with Gasteiger partial charge in [0.25, 0.3) is 0 Å². The zero-order chi connectivity index (χ0) is 37.5. The van der Waals surface area contributed by atoms with E-state index in [0.717, 1.165) is 62.2 Å². The Kier molecular flexibility index (Phi) is 9.32. The van der Waals surface area contributed by atoms with Crippen LogP contribution in [0.3, 0.4) is 0 Å². The van der Waals surface area contributed by atoms with Gasteiger partial charge in [0.15, 0.2) is 0 Å². The van der Waals surface area contributed by atoms with Gasteiger partial charge in [0.1, 0.15) is 11.9 Å². The van der Waals surface area contributed by atoms with Crippen molar-refractivity contribution >= 4 is 46.1 Å². The largest absolute Gasteiger partial charge is 0.416 e. The summed E-state index contributed by atoms with van der Waals surface area (Å²) in [4.78, 5) is 7.41. The van der Waals surface area contributed by atoms with Crippen LogP contribution in [0.1, 0.15) is 39.9 Å². The average Bonchev–Trinajstić information content (AvgIpc) is 3.59. The van der Waals surface area contributed by atoms with E-state index in [2.05, 4.69) is 30.3 Å². The molecule has 0 radical (unpaired) electrons. The Labute approximate surface area is 309 Å². The van der Waals surface area contributed by atoms with Crippen molar-refractivity contribution in [2.75, 3.05) is 4.90 Å². The van der Waals surface area contributed by atoms with Crippen molar-refractivity contribution in [2.45, 2.75) is 24.4 Å². The Bertz CT molecular complexity index is 2390. The maximum atomic E-state index is 13.8. The highest BCUT2D eigenvalue weighted by molar-refractivity contribution is 7.80. The molecule has 0 fully saturated rings. The van der Waals surface area contributed by atoms with Crippen LogP contribution in [0, 0.1) is 0 Å². The SMILES string of the molecule is FC(F)(F)c1ccc([C@H]2N=C(c3ccccc3P(c3ccccc3)c3ccccc3)N(c3ccc4ccccc4c3)[C@@H]2c2ccc(C(F)(F)F)cc2)cc1. The Hall–Kier alpha value is -5.72. The van der Waals surface area contributed by atoms with E-state index in [4.69, 9.17) is 4.99 Å². The van der Waals surface area contributed by atoms with Crippen molar-refractivity contribution in [3.05, 3.63) is 204 Å². The van der Waals surface area contributed by atoms with E-state index in [1.807, 2.05) is 102 Å². The number of amidine groups is 1. The number of aliphatic imine (C=N–C) groups is 1. The molecule has 0 saturated carbocycles. The lowest BCUT2D eigenvalue weighted by Gasteiger charge is -2.33. The van der Waals surface area contributed by atoms with Crippen molar-refractivity contribution < 1.29 is 26.3 Å². The summed E-state index contributed by atoms with van der Waals surface area (Å²) in [5.41, 5.74) is 0.995. The van der Waals surface area contributed by atoms with Crippen molar-refractivity contribution in [1.29, 1.82) is 0 Å². The Morgan fingerprint density at radius 3 is 1.56 bits per heavy atom. The first-order chi connectivity index (χ1) is 26.1. The highest BCUT2D eigenvalue weighted by Crippen LogP contribution is 2.48. The van der Waals surface area contributed by atoms with Crippen LogP contribution >= 0.6 is 7.92 Å². The number of fused-ring (bicyclic) bond motifs is 1. The highest BCUT2D eigenvalue weighted by Gasteiger charge is 2.42. The lowest BCUT2D eigenvalue weighted by Crippen LogP contribution is -2.35. The minimum absolute atomic E-state index is 0.500. The molecule has 0 spiro atoms. The molecule has 2 nitrogen and oxygen atoms in total. The highest BCUT2D eigenvalue weighted by atomic mass is 31.1. The van der Waals surface area contributed by atoms with Gasteiger partial charge >= 0.3 is 12.4 Å². The second-order valence-corrected chi connectivity index (χ2v) is 15.2. The normalized spacial score (nSPS) is 16.2. The van der Waals surface area contributed by atoms with Gasteiger partial charge in [-0.1, -0.05) is 140 Å². The number of alkyl halides is 6. The van der Waals surface area contributed by atoms with Crippen LogP contribution in [0.4, 0.5) is 32.0 Å². The minimum atomic E-state index is -4.55. The quantitative estimate of drug-likeness (QED) is 0.117. The van der Waals surface area contributed by atoms with Gasteiger partial charge in [-0.3, -0.25) is 4.99 Å². The van der Waals surface area contributed by atoms with Crippen molar-refractivity contribution in [2.24, 2.45) is 4.99 Å². The molecule has 7 aromatic rings. The number of hydrogen-bond acceptors (Lipinski definition) is 2. The Morgan fingerprint density at radius 2 is 0.981 bits per heavy atom. The lowest BCUT2D eigenvalue weighted by molar-refractivity contribution is -0.138. The fourth-order valence-electron chi connectivity index (χ4n) is 7.11. The molecule has 1 aliphatic heterocycles. The van der Waals surface area contributed by atoms with E-state index < -0.39 is 43.5 Å². The summed E-state index contributed by atoms with van der Waals surface area (Å²) < 4.78 is 82.7. The molecule has 0 amide bonds. The second-order valence-electron chi connectivity index (χ2n) is 13.0. The minimum Gasteiger partial charge on any atom is -0.316 e. The van der Waals surface area contributed by atoms with Gasteiger partial charge in [-0.2, -0.15) is 26.3 Å². The molecule has 0 unspecified atom stereocenters. The van der Waals surface area contributed by atoms with E-state index in [9.17, 15) is 26.3 Å². The molecule has 54 heavy (non-hydrogen) atoms. The summed E-state index contributed by atoms with van der Waals surface area (Å²) >= 11 is 0. The van der Waals surface area contributed by atoms with Gasteiger partial charge in [0.05, 0.1) is 17.2 Å². The average molecular weight is 745 g/mol. The number of halogens is 6. The molecule has 7 aromatic carbocycles. The van der Waals surface area contributed by atoms with Crippen LogP contribution in [0.25, 0.3) is 10.8 Å². The van der Waals surface area contributed by atoms with Crippen LogP contribution < -0.4 is 20.8 Å². The zero-order valence-corrected chi connectivity index (χ0v) is 29.4. The number of benzene rings is 7. The fraction of sp³-hybridized carbons (Fsp3) is 0.0889. The van der Waals surface area contributed by atoms with E-state index in [0.29, 0.717) is 17.0 Å². The Balaban J connectivity index is 1.38. The zero-order valence-electron chi connectivity index (χ0n) is 28.5. The second kappa shape index (κ2) is 14.3. The molecular weight excluding hydrogens is 713 g/mol. The standard InChI is InChI=1S/C45H31F6N2P/c46-44(47,48)34-24-19-31(20-25-34)41-42(32-21-26-35(27-22-32)45(49,50)51)53(36-28-23-30-11-7-8-12-33(30)29-36)43(52-41)39-17-9-10-18-40(39)54(37-13-3-1-4-14-37)38-15-5-2-6-16-38/h1-29,41-42H/t41-,42-/m1/s1. The summed E-state index contributed by atoms with van der Waals surface area (Å²) in [5.74, 6) is 0.565. The third kappa shape index (κ3) is 6.90. The lowest BCUT2D eigenvalue weighted by atomic mass is 9.92. The summed E-state index contributed by atoms with van der Waals surface area (Å²) in [6.07, 6.45) is -9.09. The van der Waals surface area contributed by atoms with Crippen LogP contribution in [-0.4, -0.2) is 5.84 Å². The van der Waals surface area contributed by atoms with Gasteiger partial charge in [0, 0.05) is 11.3 Å². The first-order valence-corrected chi connectivity index (χ1v) is 18.6. The van der Waals surface area contributed by atoms with Crippen molar-refractivity contribution in [3.8, 4) is 0 Å². The van der Waals surface area contributed by atoms with Crippen LogP contribution in [0.5, 0.6) is 0 Å². The maximum Gasteiger partial charge on any atom is 0.416 e. The predicted octanol–water partition coefficient (Wildman–Crippen LogP) is 11.4. The molecule has 0 aliphatic carbocycles. The van der Waals surface area contributed by atoms with Gasteiger partial charge in [0.2, 0.25) is 0 Å². The molecule has 1 heterocycles. The molecule has 0 aromatic heterocycles. The number of nitrogens with zero attached hydrogens (tertiary/aromatic N) is 2.